The first-order chi connectivity index (χ1) is 7.79. The zero-order valence-electron chi connectivity index (χ0n) is 9.16. The Kier molecular flexibility index (Phi) is 4.13. The Labute approximate surface area is 109 Å². The molecule has 1 N–H and O–H groups in total. The second kappa shape index (κ2) is 5.60. The normalized spacial score (nSPS) is 10.6. The van der Waals surface area contributed by atoms with Gasteiger partial charge in [0.1, 0.15) is 0 Å². The predicted molar refractivity (Wildman–Crippen MR) is 78.5 cm³/mol. The summed E-state index contributed by atoms with van der Waals surface area (Å²) in [7, 11) is 0. The standard InChI is InChI=1S/C13H14BrNS/c1-16-7-6-15-13-5-3-10-8-12(14)4-2-11(10)9-13/h2-5,8-9,15H,6-7H2,1H3. The summed E-state index contributed by atoms with van der Waals surface area (Å²) in [5.74, 6) is 1.14. The molecule has 0 aromatic heterocycles. The van der Waals surface area contributed by atoms with Crippen LogP contribution >= 0.6 is 27.7 Å². The van der Waals surface area contributed by atoms with Gasteiger partial charge in [-0.25, -0.2) is 0 Å². The van der Waals surface area contributed by atoms with Crippen molar-refractivity contribution in [2.45, 2.75) is 0 Å². The number of benzene rings is 2. The van der Waals surface area contributed by atoms with Crippen molar-refractivity contribution in [2.75, 3.05) is 23.9 Å². The number of fused-ring (bicyclic) bond motifs is 1. The average molecular weight is 296 g/mol. The summed E-state index contributed by atoms with van der Waals surface area (Å²) in [4.78, 5) is 0. The fourth-order valence-corrected chi connectivity index (χ4v) is 2.31. The Hall–Kier alpha value is -0.670. The van der Waals surface area contributed by atoms with Crippen LogP contribution in [-0.4, -0.2) is 18.6 Å². The summed E-state index contributed by atoms with van der Waals surface area (Å²) in [6.45, 7) is 1.02. The van der Waals surface area contributed by atoms with E-state index in [-0.39, 0.29) is 0 Å². The van der Waals surface area contributed by atoms with E-state index in [2.05, 4.69) is 63.9 Å². The molecule has 0 unspecified atom stereocenters. The Morgan fingerprint density at radius 1 is 1.12 bits per heavy atom. The van der Waals surface area contributed by atoms with Gasteiger partial charge < -0.3 is 5.32 Å². The van der Waals surface area contributed by atoms with Crippen LogP contribution in [0.15, 0.2) is 40.9 Å². The van der Waals surface area contributed by atoms with Crippen LogP contribution in [0.5, 0.6) is 0 Å². The Morgan fingerprint density at radius 2 is 1.88 bits per heavy atom. The van der Waals surface area contributed by atoms with E-state index in [1.165, 1.54) is 16.5 Å². The summed E-state index contributed by atoms with van der Waals surface area (Å²) in [5.41, 5.74) is 1.20. The molecule has 0 fully saturated rings. The smallest absolute Gasteiger partial charge is 0.0346 e. The summed E-state index contributed by atoms with van der Waals surface area (Å²) in [5, 5.41) is 5.96. The van der Waals surface area contributed by atoms with E-state index >= 15 is 0 Å². The molecule has 0 saturated carbocycles. The summed E-state index contributed by atoms with van der Waals surface area (Å²) >= 11 is 5.34. The molecule has 0 atom stereocenters. The largest absolute Gasteiger partial charge is 0.384 e. The maximum absolute atomic E-state index is 3.48. The van der Waals surface area contributed by atoms with Crippen LogP contribution in [0.4, 0.5) is 5.69 Å². The van der Waals surface area contributed by atoms with Crippen molar-refractivity contribution in [2.24, 2.45) is 0 Å². The maximum Gasteiger partial charge on any atom is 0.0346 e. The molecule has 0 radical (unpaired) electrons. The van der Waals surface area contributed by atoms with Crippen LogP contribution < -0.4 is 5.32 Å². The van der Waals surface area contributed by atoms with E-state index in [4.69, 9.17) is 0 Å². The molecule has 2 aromatic rings. The lowest BCUT2D eigenvalue weighted by molar-refractivity contribution is 1.23. The number of anilines is 1. The molecule has 0 bridgehead atoms. The third kappa shape index (κ3) is 2.92. The third-order valence-corrected chi connectivity index (χ3v) is 3.54. The highest BCUT2D eigenvalue weighted by Crippen LogP contribution is 2.22. The monoisotopic (exact) mass is 295 g/mol. The van der Waals surface area contributed by atoms with Crippen molar-refractivity contribution in [3.8, 4) is 0 Å². The molecule has 2 rings (SSSR count). The van der Waals surface area contributed by atoms with Crippen LogP contribution in [0.3, 0.4) is 0 Å². The molecule has 2 aromatic carbocycles. The van der Waals surface area contributed by atoms with Gasteiger partial charge in [-0.1, -0.05) is 28.1 Å². The van der Waals surface area contributed by atoms with Gasteiger partial charge in [0.25, 0.3) is 0 Å². The zero-order valence-corrected chi connectivity index (χ0v) is 11.6. The highest BCUT2D eigenvalue weighted by molar-refractivity contribution is 9.10. The number of rotatable bonds is 4. The lowest BCUT2D eigenvalue weighted by Gasteiger charge is -2.06. The zero-order chi connectivity index (χ0) is 11.4. The van der Waals surface area contributed by atoms with E-state index in [9.17, 15) is 0 Å². The molecule has 0 spiro atoms. The van der Waals surface area contributed by atoms with Gasteiger partial charge in [-0.2, -0.15) is 11.8 Å². The molecule has 0 aliphatic rings. The van der Waals surface area contributed by atoms with Crippen LogP contribution in [0, 0.1) is 0 Å². The van der Waals surface area contributed by atoms with Gasteiger partial charge in [-0.15, -0.1) is 0 Å². The molecule has 1 nitrogen and oxygen atoms in total. The Morgan fingerprint density at radius 3 is 2.69 bits per heavy atom. The fraction of sp³-hybridized carbons (Fsp3) is 0.231. The average Bonchev–Trinajstić information content (AvgIpc) is 2.29. The van der Waals surface area contributed by atoms with E-state index in [1.807, 2.05) is 11.8 Å². The molecular weight excluding hydrogens is 282 g/mol. The molecule has 84 valence electrons. The van der Waals surface area contributed by atoms with Crippen molar-refractivity contribution in [3.05, 3.63) is 40.9 Å². The first-order valence-electron chi connectivity index (χ1n) is 5.22. The predicted octanol–water partition coefficient (Wildman–Crippen LogP) is 4.38. The highest BCUT2D eigenvalue weighted by atomic mass is 79.9. The molecule has 0 heterocycles. The second-order valence-electron chi connectivity index (χ2n) is 3.63. The van der Waals surface area contributed by atoms with Gasteiger partial charge in [-0.3, -0.25) is 0 Å². The second-order valence-corrected chi connectivity index (χ2v) is 5.53. The van der Waals surface area contributed by atoms with Crippen LogP contribution in [0.1, 0.15) is 0 Å². The Bertz CT molecular complexity index is 484. The van der Waals surface area contributed by atoms with Gasteiger partial charge in [0.15, 0.2) is 0 Å². The number of thioether (sulfide) groups is 1. The van der Waals surface area contributed by atoms with Crippen molar-refractivity contribution in [3.63, 3.8) is 0 Å². The summed E-state index contributed by atoms with van der Waals surface area (Å²) in [6, 6.07) is 12.8. The van der Waals surface area contributed by atoms with Gasteiger partial charge >= 0.3 is 0 Å². The summed E-state index contributed by atoms with van der Waals surface area (Å²) in [6.07, 6.45) is 2.12. The van der Waals surface area contributed by atoms with Crippen molar-refractivity contribution < 1.29 is 0 Å². The van der Waals surface area contributed by atoms with Crippen molar-refractivity contribution in [1.82, 2.24) is 0 Å². The van der Waals surface area contributed by atoms with Crippen molar-refractivity contribution in [1.29, 1.82) is 0 Å². The fourth-order valence-electron chi connectivity index (χ4n) is 1.62. The first kappa shape index (κ1) is 11.8. The van der Waals surface area contributed by atoms with Gasteiger partial charge in [0.2, 0.25) is 0 Å². The molecule has 3 heteroatoms. The molecule has 0 amide bonds. The van der Waals surface area contributed by atoms with E-state index in [0.717, 1.165) is 16.8 Å². The highest BCUT2D eigenvalue weighted by Gasteiger charge is 1.96. The van der Waals surface area contributed by atoms with Gasteiger partial charge in [0, 0.05) is 22.5 Å². The van der Waals surface area contributed by atoms with E-state index < -0.39 is 0 Å². The molecular formula is C13H14BrNS. The minimum absolute atomic E-state index is 1.02. The van der Waals surface area contributed by atoms with Crippen LogP contribution in [0.25, 0.3) is 10.8 Å². The third-order valence-electron chi connectivity index (χ3n) is 2.44. The van der Waals surface area contributed by atoms with E-state index in [1.54, 1.807) is 0 Å². The van der Waals surface area contributed by atoms with Crippen LogP contribution in [-0.2, 0) is 0 Å². The molecule has 0 aliphatic heterocycles. The quantitative estimate of drug-likeness (QED) is 0.840. The SMILES string of the molecule is CSCCNc1ccc2cc(Br)ccc2c1. The number of hydrogen-bond acceptors (Lipinski definition) is 2. The molecule has 16 heavy (non-hydrogen) atoms. The van der Waals surface area contributed by atoms with E-state index in [0.29, 0.717) is 0 Å². The minimum Gasteiger partial charge on any atom is -0.384 e. The van der Waals surface area contributed by atoms with Gasteiger partial charge in [-0.05, 0) is 41.3 Å². The lowest BCUT2D eigenvalue weighted by atomic mass is 10.1. The molecule has 0 aliphatic carbocycles. The number of hydrogen-bond donors (Lipinski definition) is 1. The molecule has 0 saturated heterocycles. The number of halogens is 1. The van der Waals surface area contributed by atoms with Crippen LogP contribution in [0.2, 0.25) is 0 Å². The Balaban J connectivity index is 2.20. The van der Waals surface area contributed by atoms with Gasteiger partial charge in [0.05, 0.1) is 0 Å². The summed E-state index contributed by atoms with van der Waals surface area (Å²) < 4.78 is 1.13. The number of nitrogens with one attached hydrogen (secondary N) is 1. The lowest BCUT2D eigenvalue weighted by Crippen LogP contribution is -2.03. The topological polar surface area (TPSA) is 12.0 Å². The van der Waals surface area contributed by atoms with Crippen molar-refractivity contribution >= 4 is 44.2 Å². The maximum atomic E-state index is 3.48. The first-order valence-corrected chi connectivity index (χ1v) is 7.40. The minimum atomic E-state index is 1.02.